The number of fused-ring (bicyclic) bond motifs is 1. The fraction of sp³-hybridized carbons (Fsp3) is 0. The topological polar surface area (TPSA) is 46.4 Å². The number of anilines is 1. The Morgan fingerprint density at radius 1 is 1.05 bits per heavy atom. The molecule has 108 valence electrons. The highest BCUT2D eigenvalue weighted by atomic mass is 32.1. The van der Waals surface area contributed by atoms with Crippen LogP contribution in [0.2, 0.25) is 0 Å². The molecule has 4 rings (SSSR count). The van der Waals surface area contributed by atoms with E-state index >= 15 is 0 Å². The molecule has 1 N–H and O–H groups in total. The van der Waals surface area contributed by atoms with Gasteiger partial charge >= 0.3 is 0 Å². The van der Waals surface area contributed by atoms with Gasteiger partial charge in [-0.2, -0.15) is 0 Å². The minimum absolute atomic E-state index is 0.133. The number of hydrogen-bond acceptors (Lipinski definition) is 4. The highest BCUT2D eigenvalue weighted by molar-refractivity contribution is 7.15. The predicted molar refractivity (Wildman–Crippen MR) is 90.8 cm³/mol. The van der Waals surface area contributed by atoms with E-state index in [0.717, 1.165) is 15.5 Å². The van der Waals surface area contributed by atoms with Crippen LogP contribution in [0.25, 0.3) is 15.5 Å². The van der Waals surface area contributed by atoms with Crippen molar-refractivity contribution in [1.82, 2.24) is 9.38 Å². The molecule has 0 saturated carbocycles. The van der Waals surface area contributed by atoms with Gasteiger partial charge in [0.2, 0.25) is 0 Å². The zero-order chi connectivity index (χ0) is 14.9. The molecular weight excluding hydrogens is 314 g/mol. The van der Waals surface area contributed by atoms with Gasteiger partial charge in [-0.05, 0) is 23.6 Å². The summed E-state index contributed by atoms with van der Waals surface area (Å²) in [5.74, 6) is 0.582. The number of nitrogens with zero attached hydrogens (tertiary/aromatic N) is 2. The lowest BCUT2D eigenvalue weighted by Crippen LogP contribution is -2.13. The van der Waals surface area contributed by atoms with Gasteiger partial charge in [-0.25, -0.2) is 4.98 Å². The molecule has 1 aromatic carbocycles. The van der Waals surface area contributed by atoms with E-state index in [0.29, 0.717) is 11.4 Å². The molecule has 3 aromatic heterocycles. The number of imidazole rings is 1. The summed E-state index contributed by atoms with van der Waals surface area (Å²) in [5.41, 5.74) is 1.44. The first-order valence-electron chi connectivity index (χ1n) is 6.69. The van der Waals surface area contributed by atoms with Crippen molar-refractivity contribution in [2.45, 2.75) is 0 Å². The zero-order valence-corrected chi connectivity index (χ0v) is 13.0. The molecular formula is C16H11N3OS2. The van der Waals surface area contributed by atoms with E-state index in [4.69, 9.17) is 0 Å². The fourth-order valence-electron chi connectivity index (χ4n) is 2.26. The highest BCUT2D eigenvalue weighted by Crippen LogP contribution is 2.33. The van der Waals surface area contributed by atoms with Gasteiger partial charge in [0.15, 0.2) is 4.96 Å². The van der Waals surface area contributed by atoms with E-state index in [2.05, 4.69) is 10.3 Å². The molecule has 4 nitrogen and oxygen atoms in total. The molecule has 4 aromatic rings. The van der Waals surface area contributed by atoms with Crippen molar-refractivity contribution in [1.29, 1.82) is 0 Å². The molecule has 0 aliphatic carbocycles. The van der Waals surface area contributed by atoms with Crippen LogP contribution in [0.4, 0.5) is 5.82 Å². The predicted octanol–water partition coefficient (Wildman–Crippen LogP) is 4.38. The Hall–Kier alpha value is -2.44. The van der Waals surface area contributed by atoms with Crippen LogP contribution in [0.3, 0.4) is 0 Å². The first-order chi connectivity index (χ1) is 10.8. The van der Waals surface area contributed by atoms with Gasteiger partial charge < -0.3 is 5.32 Å². The lowest BCUT2D eigenvalue weighted by Gasteiger charge is -2.06. The van der Waals surface area contributed by atoms with Gasteiger partial charge in [0.05, 0.1) is 4.88 Å². The summed E-state index contributed by atoms with van der Waals surface area (Å²) in [6.07, 6.45) is 1.92. The van der Waals surface area contributed by atoms with Gasteiger partial charge in [0, 0.05) is 17.1 Å². The number of thiazole rings is 1. The summed E-state index contributed by atoms with van der Waals surface area (Å²) in [6, 6.07) is 13.2. The Kier molecular flexibility index (Phi) is 3.25. The number of hydrogen-bond donors (Lipinski definition) is 1. The van der Waals surface area contributed by atoms with Gasteiger partial charge in [-0.3, -0.25) is 9.20 Å². The molecule has 22 heavy (non-hydrogen) atoms. The van der Waals surface area contributed by atoms with Crippen molar-refractivity contribution < 1.29 is 4.79 Å². The molecule has 0 radical (unpaired) electrons. The summed E-state index contributed by atoms with van der Waals surface area (Å²) in [4.78, 5) is 19.0. The Bertz CT molecular complexity index is 923. The maximum atomic E-state index is 12.5. The minimum atomic E-state index is -0.133. The second-order valence-electron chi connectivity index (χ2n) is 4.66. The number of thiophene rings is 1. The average Bonchev–Trinajstić information content (AvgIpc) is 3.25. The Morgan fingerprint density at radius 2 is 1.91 bits per heavy atom. The third kappa shape index (κ3) is 2.22. The summed E-state index contributed by atoms with van der Waals surface area (Å²) >= 11 is 3.16. The van der Waals surface area contributed by atoms with Gasteiger partial charge in [0.25, 0.3) is 5.91 Å². The number of benzene rings is 1. The average molecular weight is 325 g/mol. The SMILES string of the molecule is O=C(Nc1c(-c2cccs2)nc2sccn12)c1ccccc1. The molecule has 0 saturated heterocycles. The van der Waals surface area contributed by atoms with Crippen LogP contribution >= 0.6 is 22.7 Å². The van der Waals surface area contributed by atoms with Crippen molar-refractivity contribution in [3.63, 3.8) is 0 Å². The van der Waals surface area contributed by atoms with Crippen molar-refractivity contribution in [3.05, 3.63) is 65.0 Å². The van der Waals surface area contributed by atoms with Crippen LogP contribution in [0, 0.1) is 0 Å². The van der Waals surface area contributed by atoms with Gasteiger partial charge in [0.1, 0.15) is 11.5 Å². The Morgan fingerprint density at radius 3 is 2.68 bits per heavy atom. The number of carbonyl (C=O) groups excluding carboxylic acids is 1. The summed E-state index contributed by atoms with van der Waals surface area (Å²) in [5, 5.41) is 6.96. The molecule has 0 atom stereocenters. The molecule has 3 heterocycles. The molecule has 0 bridgehead atoms. The fourth-order valence-corrected chi connectivity index (χ4v) is 3.69. The molecule has 0 fully saturated rings. The number of amides is 1. The normalized spacial score (nSPS) is 10.9. The Labute approximate surface area is 134 Å². The molecule has 6 heteroatoms. The number of nitrogens with one attached hydrogen (secondary N) is 1. The number of aromatic nitrogens is 2. The molecule has 0 aliphatic heterocycles. The van der Waals surface area contributed by atoms with Crippen molar-refractivity contribution in [2.24, 2.45) is 0 Å². The summed E-state index contributed by atoms with van der Waals surface area (Å²) in [6.45, 7) is 0. The number of rotatable bonds is 3. The van der Waals surface area contributed by atoms with Crippen molar-refractivity contribution in [3.8, 4) is 10.6 Å². The number of carbonyl (C=O) groups is 1. The second kappa shape index (κ2) is 5.40. The van der Waals surface area contributed by atoms with Crippen LogP contribution < -0.4 is 5.32 Å². The van der Waals surface area contributed by atoms with Crippen LogP contribution in [0.15, 0.2) is 59.4 Å². The summed E-state index contributed by atoms with van der Waals surface area (Å²) in [7, 11) is 0. The smallest absolute Gasteiger partial charge is 0.256 e. The first kappa shape index (κ1) is 13.2. The standard InChI is InChI=1S/C16H11N3OS2/c20-15(11-5-2-1-3-6-11)18-14-13(12-7-4-9-21-12)17-16-19(14)8-10-22-16/h1-10H,(H,18,20). The monoisotopic (exact) mass is 325 g/mol. The van der Waals surface area contributed by atoms with E-state index in [-0.39, 0.29) is 5.91 Å². The molecule has 0 aliphatic rings. The lowest BCUT2D eigenvalue weighted by molar-refractivity contribution is 0.102. The first-order valence-corrected chi connectivity index (χ1v) is 8.45. The van der Waals surface area contributed by atoms with E-state index in [1.807, 2.05) is 51.7 Å². The van der Waals surface area contributed by atoms with Crippen LogP contribution in [-0.4, -0.2) is 15.3 Å². The van der Waals surface area contributed by atoms with Crippen LogP contribution in [0.5, 0.6) is 0 Å². The zero-order valence-electron chi connectivity index (χ0n) is 11.4. The molecule has 0 unspecified atom stereocenters. The van der Waals surface area contributed by atoms with Gasteiger partial charge in [-0.1, -0.05) is 24.3 Å². The quantitative estimate of drug-likeness (QED) is 0.608. The van der Waals surface area contributed by atoms with E-state index in [9.17, 15) is 4.79 Å². The molecule has 1 amide bonds. The Balaban J connectivity index is 1.79. The maximum absolute atomic E-state index is 12.5. The lowest BCUT2D eigenvalue weighted by atomic mass is 10.2. The van der Waals surface area contributed by atoms with Crippen LogP contribution in [0.1, 0.15) is 10.4 Å². The van der Waals surface area contributed by atoms with E-state index in [1.54, 1.807) is 34.8 Å². The molecule has 0 spiro atoms. The van der Waals surface area contributed by atoms with Crippen molar-refractivity contribution in [2.75, 3.05) is 5.32 Å². The third-order valence-electron chi connectivity index (χ3n) is 3.28. The van der Waals surface area contributed by atoms with Crippen molar-refractivity contribution >= 4 is 39.4 Å². The third-order valence-corrected chi connectivity index (χ3v) is 4.92. The highest BCUT2D eigenvalue weighted by Gasteiger charge is 2.18. The van der Waals surface area contributed by atoms with E-state index in [1.165, 1.54) is 0 Å². The van der Waals surface area contributed by atoms with E-state index < -0.39 is 0 Å². The van der Waals surface area contributed by atoms with Crippen LogP contribution in [-0.2, 0) is 0 Å². The second-order valence-corrected chi connectivity index (χ2v) is 6.48. The minimum Gasteiger partial charge on any atom is -0.306 e. The van der Waals surface area contributed by atoms with Gasteiger partial charge in [-0.15, -0.1) is 22.7 Å². The maximum Gasteiger partial charge on any atom is 0.256 e. The summed E-state index contributed by atoms with van der Waals surface area (Å²) < 4.78 is 1.92. The largest absolute Gasteiger partial charge is 0.306 e.